The summed E-state index contributed by atoms with van der Waals surface area (Å²) in [4.78, 5) is 16.7. The third kappa shape index (κ3) is 6.43. The molecule has 0 saturated carbocycles. The first-order valence-electron chi connectivity index (χ1n) is 10.3. The number of aromatic nitrogens is 1. The van der Waals surface area contributed by atoms with E-state index in [9.17, 15) is 13.2 Å². The van der Waals surface area contributed by atoms with Gasteiger partial charge in [0.15, 0.2) is 0 Å². The van der Waals surface area contributed by atoms with E-state index >= 15 is 0 Å². The zero-order valence-electron chi connectivity index (χ0n) is 18.8. The van der Waals surface area contributed by atoms with Crippen molar-refractivity contribution < 1.29 is 17.9 Å². The van der Waals surface area contributed by atoms with Crippen molar-refractivity contribution >= 4 is 39.5 Å². The van der Waals surface area contributed by atoms with Crippen LogP contribution >= 0.6 is 0 Å². The molecule has 0 radical (unpaired) electrons. The van der Waals surface area contributed by atoms with Crippen LogP contribution in [0.15, 0.2) is 78.0 Å². The second kappa shape index (κ2) is 9.87. The second-order valence-corrected chi connectivity index (χ2v) is 10.2. The molecule has 0 spiro atoms. The van der Waals surface area contributed by atoms with Crippen LogP contribution in [0.25, 0.3) is 12.2 Å². The summed E-state index contributed by atoms with van der Waals surface area (Å²) in [6, 6.07) is 16.5. The first kappa shape index (κ1) is 24.0. The van der Waals surface area contributed by atoms with Crippen LogP contribution in [0, 0.1) is 0 Å². The minimum atomic E-state index is -4.09. The average molecular weight is 466 g/mol. The standard InChI is InChI=1S/C25H27N3O4S/c1-25(2,3)32-24(29)18-28(33(30,31)22-12-10-21(26)11-13-22)23-7-5-4-6-20(23)9-8-19-14-16-27-17-15-19/h4-17H,18,26H2,1-3H3/b9-8+. The third-order valence-electron chi connectivity index (χ3n) is 4.53. The van der Waals surface area contributed by atoms with Gasteiger partial charge < -0.3 is 10.5 Å². The fourth-order valence-electron chi connectivity index (χ4n) is 3.07. The number of nitrogens with zero attached hydrogens (tertiary/aromatic N) is 2. The number of esters is 1. The molecule has 0 aliphatic carbocycles. The summed E-state index contributed by atoms with van der Waals surface area (Å²) in [5, 5.41) is 0. The third-order valence-corrected chi connectivity index (χ3v) is 6.30. The normalized spacial score (nSPS) is 12.0. The van der Waals surface area contributed by atoms with E-state index in [2.05, 4.69) is 4.98 Å². The van der Waals surface area contributed by atoms with Gasteiger partial charge in [0.25, 0.3) is 10.0 Å². The summed E-state index contributed by atoms with van der Waals surface area (Å²) in [6.45, 7) is 4.71. The fraction of sp³-hybridized carbons (Fsp3) is 0.200. The van der Waals surface area contributed by atoms with Gasteiger partial charge in [0.1, 0.15) is 12.1 Å². The Balaban J connectivity index is 2.07. The number of ether oxygens (including phenoxy) is 1. The number of anilines is 2. The van der Waals surface area contributed by atoms with Crippen molar-refractivity contribution in [3.05, 3.63) is 84.2 Å². The molecule has 2 aromatic carbocycles. The van der Waals surface area contributed by atoms with Crippen molar-refractivity contribution in [3.63, 3.8) is 0 Å². The van der Waals surface area contributed by atoms with Crippen molar-refractivity contribution in [2.24, 2.45) is 0 Å². The van der Waals surface area contributed by atoms with Crippen molar-refractivity contribution in [3.8, 4) is 0 Å². The van der Waals surface area contributed by atoms with Crippen molar-refractivity contribution in [1.82, 2.24) is 4.98 Å². The molecule has 0 unspecified atom stereocenters. The van der Waals surface area contributed by atoms with Gasteiger partial charge in [-0.1, -0.05) is 30.4 Å². The van der Waals surface area contributed by atoms with Gasteiger partial charge in [-0.05, 0) is 74.4 Å². The van der Waals surface area contributed by atoms with Gasteiger partial charge in [0.2, 0.25) is 0 Å². The Labute approximate surface area is 194 Å². The van der Waals surface area contributed by atoms with Crippen LogP contribution in [0.5, 0.6) is 0 Å². The number of carbonyl (C=O) groups excluding carboxylic acids is 1. The summed E-state index contributed by atoms with van der Waals surface area (Å²) in [7, 11) is -4.09. The number of rotatable bonds is 7. The molecule has 0 amide bonds. The maximum absolute atomic E-state index is 13.6. The van der Waals surface area contributed by atoms with E-state index in [0.717, 1.165) is 9.87 Å². The van der Waals surface area contributed by atoms with Crippen LogP contribution < -0.4 is 10.0 Å². The molecule has 1 heterocycles. The first-order chi connectivity index (χ1) is 15.6. The molecule has 0 aliphatic rings. The Morgan fingerprint density at radius 3 is 2.27 bits per heavy atom. The largest absolute Gasteiger partial charge is 0.459 e. The molecule has 172 valence electrons. The van der Waals surface area contributed by atoms with Gasteiger partial charge >= 0.3 is 5.97 Å². The highest BCUT2D eigenvalue weighted by Gasteiger charge is 2.30. The molecule has 0 aliphatic heterocycles. The van der Waals surface area contributed by atoms with Gasteiger partial charge in [0.05, 0.1) is 10.6 Å². The lowest BCUT2D eigenvalue weighted by Gasteiger charge is -2.27. The number of para-hydroxylation sites is 1. The zero-order chi connectivity index (χ0) is 24.1. The minimum Gasteiger partial charge on any atom is -0.459 e. The molecule has 0 saturated heterocycles. The van der Waals surface area contributed by atoms with Gasteiger partial charge in [-0.25, -0.2) is 8.42 Å². The number of sulfonamides is 1. The van der Waals surface area contributed by atoms with E-state index in [4.69, 9.17) is 10.5 Å². The number of nitrogens with two attached hydrogens (primary N) is 1. The Morgan fingerprint density at radius 2 is 1.64 bits per heavy atom. The van der Waals surface area contributed by atoms with Crippen molar-refractivity contribution in [2.75, 3.05) is 16.6 Å². The van der Waals surface area contributed by atoms with E-state index in [1.54, 1.807) is 63.5 Å². The van der Waals surface area contributed by atoms with E-state index in [1.807, 2.05) is 18.2 Å². The Hall–Kier alpha value is -3.65. The molecule has 0 fully saturated rings. The van der Waals surface area contributed by atoms with Crippen molar-refractivity contribution in [1.29, 1.82) is 0 Å². The lowest BCUT2D eigenvalue weighted by molar-refractivity contribution is -0.152. The van der Waals surface area contributed by atoms with E-state index < -0.39 is 28.1 Å². The fourth-order valence-corrected chi connectivity index (χ4v) is 4.51. The summed E-state index contributed by atoms with van der Waals surface area (Å²) >= 11 is 0. The highest BCUT2D eigenvalue weighted by atomic mass is 32.2. The van der Waals surface area contributed by atoms with Crippen molar-refractivity contribution in [2.45, 2.75) is 31.3 Å². The monoisotopic (exact) mass is 465 g/mol. The summed E-state index contributed by atoms with van der Waals surface area (Å²) in [5.74, 6) is -0.658. The Kier molecular flexibility index (Phi) is 7.18. The van der Waals surface area contributed by atoms with E-state index in [-0.39, 0.29) is 4.90 Å². The SMILES string of the molecule is CC(C)(C)OC(=O)CN(c1ccccc1/C=C/c1ccncc1)S(=O)(=O)c1ccc(N)cc1. The highest BCUT2D eigenvalue weighted by Crippen LogP contribution is 2.29. The number of nitrogen functional groups attached to an aromatic ring is 1. The average Bonchev–Trinajstić information content (AvgIpc) is 2.76. The Morgan fingerprint density at radius 1 is 1.00 bits per heavy atom. The Bertz CT molecular complexity index is 1230. The molecular formula is C25H27N3O4S. The predicted molar refractivity (Wildman–Crippen MR) is 131 cm³/mol. The summed E-state index contributed by atoms with van der Waals surface area (Å²) in [5.41, 5.74) is 7.29. The molecule has 2 N–H and O–H groups in total. The van der Waals surface area contributed by atoms with Crippen LogP contribution in [0.3, 0.4) is 0 Å². The molecule has 0 atom stereocenters. The first-order valence-corrected chi connectivity index (χ1v) is 11.8. The molecule has 0 bridgehead atoms. The topological polar surface area (TPSA) is 103 Å². The number of pyridine rings is 1. The number of hydrogen-bond acceptors (Lipinski definition) is 6. The van der Waals surface area contributed by atoms with E-state index in [0.29, 0.717) is 16.9 Å². The molecule has 33 heavy (non-hydrogen) atoms. The van der Waals surface area contributed by atoms with Crippen LogP contribution in [0.1, 0.15) is 31.9 Å². The van der Waals surface area contributed by atoms with Gasteiger partial charge in [-0.3, -0.25) is 14.1 Å². The van der Waals surface area contributed by atoms with Gasteiger partial charge in [0, 0.05) is 18.1 Å². The smallest absolute Gasteiger partial charge is 0.327 e. The predicted octanol–water partition coefficient (Wildman–Crippen LogP) is 4.37. The molecule has 3 aromatic rings. The summed E-state index contributed by atoms with van der Waals surface area (Å²) in [6.07, 6.45) is 6.99. The van der Waals surface area contributed by atoms with E-state index in [1.165, 1.54) is 24.3 Å². The number of carbonyl (C=O) groups is 1. The molecule has 8 heteroatoms. The molecule has 3 rings (SSSR count). The minimum absolute atomic E-state index is 0.0215. The lowest BCUT2D eigenvalue weighted by Crippen LogP contribution is -2.39. The van der Waals surface area contributed by atoms with Gasteiger partial charge in [-0.2, -0.15) is 0 Å². The molecule has 1 aromatic heterocycles. The van der Waals surface area contributed by atoms with Crippen LogP contribution in [0.4, 0.5) is 11.4 Å². The maximum Gasteiger partial charge on any atom is 0.327 e. The maximum atomic E-state index is 13.6. The van der Waals surface area contributed by atoms with Crippen LogP contribution in [0.2, 0.25) is 0 Å². The highest BCUT2D eigenvalue weighted by molar-refractivity contribution is 7.92. The molecular weight excluding hydrogens is 438 g/mol. The second-order valence-electron chi connectivity index (χ2n) is 8.34. The quantitative estimate of drug-likeness (QED) is 0.411. The van der Waals surface area contributed by atoms with Crippen LogP contribution in [-0.4, -0.2) is 31.5 Å². The molecule has 7 nitrogen and oxygen atoms in total. The van der Waals surface area contributed by atoms with Gasteiger partial charge in [-0.15, -0.1) is 0 Å². The lowest BCUT2D eigenvalue weighted by atomic mass is 10.1. The number of hydrogen-bond donors (Lipinski definition) is 1. The summed E-state index contributed by atoms with van der Waals surface area (Å²) < 4.78 is 33.7. The number of benzene rings is 2. The zero-order valence-corrected chi connectivity index (χ0v) is 19.6. The van der Waals surface area contributed by atoms with Crippen LogP contribution in [-0.2, 0) is 19.6 Å².